The number of hydrogen-bond donors (Lipinski definition) is 1. The quantitative estimate of drug-likeness (QED) is 0.922. The molecule has 2 aromatic carbocycles. The molecule has 1 saturated heterocycles. The molecular weight excluding hydrogens is 298 g/mol. The number of hydrogen-bond acceptors (Lipinski definition) is 3. The largest absolute Gasteiger partial charge is 0.380 e. The van der Waals surface area contributed by atoms with Gasteiger partial charge in [-0.15, -0.1) is 0 Å². The molecule has 1 N–H and O–H groups in total. The number of carbonyl (C=O) groups is 1. The predicted octanol–water partition coefficient (Wildman–Crippen LogP) is 3.31. The van der Waals surface area contributed by atoms with Crippen molar-refractivity contribution in [1.29, 1.82) is 0 Å². The van der Waals surface area contributed by atoms with Crippen molar-refractivity contribution in [2.75, 3.05) is 11.4 Å². The summed E-state index contributed by atoms with van der Waals surface area (Å²) in [6, 6.07) is 18.2. The molecule has 4 atom stereocenters. The Morgan fingerprint density at radius 1 is 1.08 bits per heavy atom. The van der Waals surface area contributed by atoms with Gasteiger partial charge in [-0.3, -0.25) is 4.79 Å². The van der Waals surface area contributed by atoms with Gasteiger partial charge in [-0.05, 0) is 37.0 Å². The van der Waals surface area contributed by atoms with E-state index in [1.807, 2.05) is 37.3 Å². The minimum absolute atomic E-state index is 0.0118. The maximum absolute atomic E-state index is 12.8. The Morgan fingerprint density at radius 3 is 2.42 bits per heavy atom. The summed E-state index contributed by atoms with van der Waals surface area (Å²) in [7, 11) is 0. The second-order valence-electron chi connectivity index (χ2n) is 7.31. The molecule has 24 heavy (non-hydrogen) atoms. The Bertz CT molecular complexity index is 755. The van der Waals surface area contributed by atoms with E-state index in [1.54, 1.807) is 0 Å². The normalized spacial score (nSPS) is 32.2. The summed E-state index contributed by atoms with van der Waals surface area (Å²) < 4.78 is 0. The zero-order chi connectivity index (χ0) is 16.9. The number of aryl methyl sites for hydroxylation is 1. The average Bonchev–Trinajstić information content (AvgIpc) is 2.78. The van der Waals surface area contributed by atoms with Crippen LogP contribution in [0.3, 0.4) is 0 Å². The lowest BCUT2D eigenvalue weighted by Gasteiger charge is -2.38. The smallest absolute Gasteiger partial charge is 0.188 e. The molecule has 1 aliphatic carbocycles. The summed E-state index contributed by atoms with van der Waals surface area (Å²) in [6.07, 6.45) is 0.764. The Labute approximate surface area is 142 Å². The second kappa shape index (κ2) is 5.45. The van der Waals surface area contributed by atoms with E-state index >= 15 is 0 Å². The number of carbonyl (C=O) groups excluding carboxylic acids is 1. The molecule has 1 aliphatic heterocycles. The highest BCUT2D eigenvalue weighted by molar-refractivity contribution is 5.99. The number of nitrogens with zero attached hydrogens (tertiary/aromatic N) is 1. The van der Waals surface area contributed by atoms with Gasteiger partial charge in [-0.1, -0.05) is 55.0 Å². The highest BCUT2D eigenvalue weighted by Crippen LogP contribution is 2.48. The fourth-order valence-corrected chi connectivity index (χ4v) is 4.39. The first-order valence-electron chi connectivity index (χ1n) is 8.65. The van der Waals surface area contributed by atoms with Crippen LogP contribution in [0.25, 0.3) is 0 Å². The first kappa shape index (κ1) is 15.4. The third-order valence-electron chi connectivity index (χ3n) is 5.94. The molecule has 3 nitrogen and oxygen atoms in total. The van der Waals surface area contributed by atoms with Crippen LogP contribution >= 0.6 is 0 Å². The maximum Gasteiger partial charge on any atom is 0.188 e. The van der Waals surface area contributed by atoms with Gasteiger partial charge in [0.05, 0.1) is 12.6 Å². The van der Waals surface area contributed by atoms with Gasteiger partial charge in [-0.2, -0.15) is 0 Å². The molecule has 2 bridgehead atoms. The molecule has 1 heterocycles. The summed E-state index contributed by atoms with van der Waals surface area (Å²) in [5.74, 6) is 0.104. The zero-order valence-electron chi connectivity index (χ0n) is 14.1. The zero-order valence-corrected chi connectivity index (χ0v) is 14.1. The lowest BCUT2D eigenvalue weighted by molar-refractivity contribution is -0.142. The molecular formula is C21H23NO2. The molecule has 124 valence electrons. The predicted molar refractivity (Wildman–Crippen MR) is 95.2 cm³/mol. The summed E-state index contributed by atoms with van der Waals surface area (Å²) >= 11 is 0. The topological polar surface area (TPSA) is 40.5 Å². The number of aliphatic hydroxyl groups is 1. The average molecular weight is 321 g/mol. The minimum Gasteiger partial charge on any atom is -0.380 e. The first-order valence-corrected chi connectivity index (χ1v) is 8.65. The molecule has 0 radical (unpaired) electrons. The van der Waals surface area contributed by atoms with E-state index in [-0.39, 0.29) is 23.7 Å². The highest BCUT2D eigenvalue weighted by Gasteiger charge is 2.60. The van der Waals surface area contributed by atoms with Gasteiger partial charge in [0, 0.05) is 11.6 Å². The van der Waals surface area contributed by atoms with Crippen LogP contribution in [0.2, 0.25) is 0 Å². The molecule has 0 spiro atoms. The van der Waals surface area contributed by atoms with Crippen molar-refractivity contribution in [3.8, 4) is 0 Å². The van der Waals surface area contributed by atoms with E-state index in [1.165, 1.54) is 11.1 Å². The van der Waals surface area contributed by atoms with Crippen LogP contribution in [0.5, 0.6) is 0 Å². The van der Waals surface area contributed by atoms with Gasteiger partial charge < -0.3 is 10.0 Å². The van der Waals surface area contributed by atoms with Gasteiger partial charge in [-0.25, -0.2) is 0 Å². The third kappa shape index (κ3) is 2.19. The van der Waals surface area contributed by atoms with E-state index in [0.717, 1.165) is 12.1 Å². The van der Waals surface area contributed by atoms with Crippen molar-refractivity contribution >= 4 is 11.5 Å². The molecule has 0 aromatic heterocycles. The van der Waals surface area contributed by atoms with Crippen LogP contribution in [-0.2, 0) is 4.79 Å². The van der Waals surface area contributed by atoms with Crippen LogP contribution < -0.4 is 4.90 Å². The number of Topliss-reactive ketones (excluding diaryl/α,β-unsaturated/α-hetero) is 1. The van der Waals surface area contributed by atoms with Gasteiger partial charge in [0.15, 0.2) is 5.78 Å². The third-order valence-corrected chi connectivity index (χ3v) is 5.94. The lowest BCUT2D eigenvalue weighted by Crippen LogP contribution is -2.51. The fourth-order valence-electron chi connectivity index (χ4n) is 4.39. The Morgan fingerprint density at radius 2 is 1.75 bits per heavy atom. The van der Waals surface area contributed by atoms with Crippen LogP contribution in [0.4, 0.5) is 5.69 Å². The van der Waals surface area contributed by atoms with Crippen LogP contribution in [0.1, 0.15) is 30.4 Å². The van der Waals surface area contributed by atoms with Crippen molar-refractivity contribution in [2.45, 2.75) is 37.8 Å². The molecule has 1 saturated carbocycles. The Balaban J connectivity index is 1.72. The molecule has 0 unspecified atom stereocenters. The van der Waals surface area contributed by atoms with E-state index in [4.69, 9.17) is 0 Å². The molecule has 2 aliphatic rings. The Hall–Kier alpha value is -2.13. The number of ketones is 1. The SMILES string of the molecule is Cc1ccc([C@@H]2C[C@H]3C(=O)[C@](O)(CN3c3ccccc3)[C@@H]2C)cc1. The monoisotopic (exact) mass is 321 g/mol. The van der Waals surface area contributed by atoms with Crippen LogP contribution in [-0.4, -0.2) is 29.1 Å². The Kier molecular flexibility index (Phi) is 3.50. The lowest BCUT2D eigenvalue weighted by atomic mass is 9.67. The summed E-state index contributed by atoms with van der Waals surface area (Å²) in [6.45, 7) is 4.49. The van der Waals surface area contributed by atoms with Crippen molar-refractivity contribution in [3.05, 3.63) is 65.7 Å². The van der Waals surface area contributed by atoms with Crippen LogP contribution in [0, 0.1) is 12.8 Å². The number of anilines is 1. The molecule has 2 fully saturated rings. The number of rotatable bonds is 2. The molecule has 3 heteroatoms. The molecule has 4 rings (SSSR count). The number of benzene rings is 2. The summed E-state index contributed by atoms with van der Waals surface area (Å²) in [5.41, 5.74) is 2.21. The van der Waals surface area contributed by atoms with Gasteiger partial charge in [0.2, 0.25) is 0 Å². The van der Waals surface area contributed by atoms with Gasteiger partial charge in [0.25, 0.3) is 0 Å². The standard InChI is InChI=1S/C21H23NO2/c1-14-8-10-16(11-9-14)18-12-19-20(23)21(24,15(18)2)13-22(19)17-6-4-3-5-7-17/h3-11,15,18-19,24H,12-13H2,1-2H3/t15-,18-,19+,21+/m1/s1. The van der Waals surface area contributed by atoms with Crippen molar-refractivity contribution in [3.63, 3.8) is 0 Å². The molecule has 2 aromatic rings. The van der Waals surface area contributed by atoms with Crippen LogP contribution in [0.15, 0.2) is 54.6 Å². The number of para-hydroxylation sites is 1. The van der Waals surface area contributed by atoms with E-state index in [0.29, 0.717) is 6.54 Å². The van der Waals surface area contributed by atoms with E-state index in [9.17, 15) is 9.90 Å². The van der Waals surface area contributed by atoms with E-state index < -0.39 is 5.60 Å². The number of β-amino-alcohol motifs (C(OH)–C–C–N with tert-alkyl or cyclic N) is 1. The summed E-state index contributed by atoms with van der Waals surface area (Å²) in [5, 5.41) is 11.2. The highest BCUT2D eigenvalue weighted by atomic mass is 16.3. The first-order chi connectivity index (χ1) is 11.5. The van der Waals surface area contributed by atoms with E-state index in [2.05, 4.69) is 36.1 Å². The molecule has 0 amide bonds. The van der Waals surface area contributed by atoms with Gasteiger partial charge in [0.1, 0.15) is 5.60 Å². The summed E-state index contributed by atoms with van der Waals surface area (Å²) in [4.78, 5) is 14.9. The minimum atomic E-state index is -1.26. The van der Waals surface area contributed by atoms with Crippen molar-refractivity contribution in [2.24, 2.45) is 5.92 Å². The van der Waals surface area contributed by atoms with Crippen molar-refractivity contribution < 1.29 is 9.90 Å². The second-order valence-corrected chi connectivity index (χ2v) is 7.31. The number of fused-ring (bicyclic) bond motifs is 2. The van der Waals surface area contributed by atoms with Crippen molar-refractivity contribution in [1.82, 2.24) is 0 Å². The van der Waals surface area contributed by atoms with Gasteiger partial charge >= 0.3 is 0 Å². The fraction of sp³-hybridized carbons (Fsp3) is 0.381. The maximum atomic E-state index is 12.8.